The van der Waals surface area contributed by atoms with Crippen molar-refractivity contribution in [1.82, 2.24) is 9.88 Å². The number of amides is 2. The van der Waals surface area contributed by atoms with Gasteiger partial charge in [0.2, 0.25) is 10.0 Å². The van der Waals surface area contributed by atoms with Crippen molar-refractivity contribution in [2.45, 2.75) is 25.3 Å². The van der Waals surface area contributed by atoms with Crippen LogP contribution in [0.15, 0.2) is 47.4 Å². The van der Waals surface area contributed by atoms with Gasteiger partial charge in [0.25, 0.3) is 5.56 Å². The van der Waals surface area contributed by atoms with Crippen molar-refractivity contribution in [2.24, 2.45) is 5.14 Å². The van der Waals surface area contributed by atoms with E-state index in [9.17, 15) is 31.2 Å². The van der Waals surface area contributed by atoms with Crippen molar-refractivity contribution >= 4 is 32.5 Å². The number of sulfonamides is 1. The minimum atomic E-state index is -4.28. The summed E-state index contributed by atoms with van der Waals surface area (Å²) in [6, 6.07) is 4.72. The Hall–Kier alpha value is -3.38. The fourth-order valence-corrected chi connectivity index (χ4v) is 3.93. The highest BCUT2D eigenvalue weighted by Crippen LogP contribution is 2.30. The molecule has 2 amide bonds. The Bertz CT molecular complexity index is 1340. The number of halogens is 3. The van der Waals surface area contributed by atoms with E-state index in [0.29, 0.717) is 0 Å². The number of hydrogen-bond acceptors (Lipinski definition) is 4. The average molecular weight is 468 g/mol. The third kappa shape index (κ3) is 4.46. The van der Waals surface area contributed by atoms with E-state index in [2.05, 4.69) is 10.3 Å². The van der Waals surface area contributed by atoms with Gasteiger partial charge in [0, 0.05) is 11.9 Å². The number of benzene rings is 2. The fraction of sp³-hybridized carbons (Fsp3) is 0.200. The van der Waals surface area contributed by atoms with Crippen molar-refractivity contribution < 1.29 is 26.4 Å². The lowest BCUT2D eigenvalue weighted by Gasteiger charge is -2.34. The van der Waals surface area contributed by atoms with Gasteiger partial charge in [-0.15, -0.1) is 0 Å². The van der Waals surface area contributed by atoms with Crippen molar-refractivity contribution in [1.29, 1.82) is 0 Å². The van der Waals surface area contributed by atoms with Crippen LogP contribution in [0.5, 0.6) is 0 Å². The summed E-state index contributed by atoms with van der Waals surface area (Å²) in [6.45, 7) is 2.60. The van der Waals surface area contributed by atoms with Gasteiger partial charge in [0.1, 0.15) is 11.2 Å². The molecule has 0 aliphatic heterocycles. The number of urea groups is 1. The summed E-state index contributed by atoms with van der Waals surface area (Å²) in [7, 11) is -4.28. The van der Waals surface area contributed by atoms with E-state index in [0.717, 1.165) is 29.2 Å². The van der Waals surface area contributed by atoms with E-state index in [4.69, 9.17) is 5.14 Å². The van der Waals surface area contributed by atoms with Gasteiger partial charge in [0.15, 0.2) is 11.6 Å². The van der Waals surface area contributed by atoms with E-state index in [-0.39, 0.29) is 16.6 Å². The Morgan fingerprint density at radius 2 is 1.72 bits per heavy atom. The van der Waals surface area contributed by atoms with Gasteiger partial charge in [0.05, 0.1) is 11.4 Å². The molecule has 2 atom stereocenters. The average Bonchev–Trinajstić information content (AvgIpc) is 2.71. The smallest absolute Gasteiger partial charge is 0.323 e. The number of primary sulfonamides is 1. The second kappa shape index (κ2) is 8.63. The maximum atomic E-state index is 14.3. The van der Waals surface area contributed by atoms with Gasteiger partial charge >= 0.3 is 6.03 Å². The fourth-order valence-electron chi connectivity index (χ4n) is 3.34. The van der Waals surface area contributed by atoms with E-state index in [1.165, 1.54) is 32.2 Å². The number of carbonyl (C=O) groups excluding carboxylic acids is 1. The number of aromatic amines is 1. The molecule has 4 N–H and O–H groups in total. The Balaban J connectivity index is 2.12. The van der Waals surface area contributed by atoms with Gasteiger partial charge in [-0.25, -0.2) is 31.5 Å². The van der Waals surface area contributed by atoms with Crippen LogP contribution < -0.4 is 16.0 Å². The first-order chi connectivity index (χ1) is 14.9. The zero-order valence-corrected chi connectivity index (χ0v) is 17.7. The molecule has 0 aliphatic carbocycles. The predicted octanol–water partition coefficient (Wildman–Crippen LogP) is 3.18. The maximum Gasteiger partial charge on any atom is 0.323 e. The molecule has 2 aromatic carbocycles. The molecule has 0 spiro atoms. The molecule has 2 unspecified atom stereocenters. The molecular weight excluding hydrogens is 449 g/mol. The van der Waals surface area contributed by atoms with Crippen molar-refractivity contribution in [3.05, 3.63) is 76.0 Å². The van der Waals surface area contributed by atoms with E-state index in [1.807, 2.05) is 0 Å². The quantitative estimate of drug-likeness (QED) is 0.532. The Morgan fingerprint density at radius 3 is 2.31 bits per heavy atom. The molecule has 0 fully saturated rings. The van der Waals surface area contributed by atoms with E-state index >= 15 is 0 Å². The SMILES string of the molecule is CC(c1c[nH]c(=O)c2c(F)c(F)ccc12)N(C(=O)Nc1ccc(F)cc1)C(C)S(N)(=O)=O. The summed E-state index contributed by atoms with van der Waals surface area (Å²) >= 11 is 0. The minimum absolute atomic E-state index is 0.0126. The zero-order chi connectivity index (χ0) is 23.8. The van der Waals surface area contributed by atoms with Gasteiger partial charge in [-0.3, -0.25) is 9.69 Å². The number of carbonyl (C=O) groups is 1. The molecule has 1 aromatic heterocycles. The minimum Gasteiger partial charge on any atom is -0.328 e. The third-order valence-corrected chi connectivity index (χ3v) is 6.23. The molecule has 12 heteroatoms. The number of rotatable bonds is 5. The van der Waals surface area contributed by atoms with Crippen LogP contribution in [0.3, 0.4) is 0 Å². The van der Waals surface area contributed by atoms with Crippen LogP contribution in [-0.2, 0) is 10.0 Å². The van der Waals surface area contributed by atoms with Crippen LogP contribution in [0.2, 0.25) is 0 Å². The molecule has 32 heavy (non-hydrogen) atoms. The molecule has 0 bridgehead atoms. The number of nitrogens with two attached hydrogens (primary N) is 1. The highest BCUT2D eigenvalue weighted by atomic mass is 32.2. The lowest BCUT2D eigenvalue weighted by atomic mass is 10.0. The normalized spacial score (nSPS) is 13.6. The summed E-state index contributed by atoms with van der Waals surface area (Å²) in [5.41, 5.74) is -0.576. The number of nitrogens with zero attached hydrogens (tertiary/aromatic N) is 1. The molecular formula is C20H19F3N4O4S. The molecule has 1 heterocycles. The van der Waals surface area contributed by atoms with Gasteiger partial charge in [-0.2, -0.15) is 0 Å². The number of hydrogen-bond donors (Lipinski definition) is 3. The molecule has 170 valence electrons. The molecule has 0 saturated carbocycles. The Kier molecular flexibility index (Phi) is 6.28. The van der Waals surface area contributed by atoms with E-state index in [1.54, 1.807) is 0 Å². The predicted molar refractivity (Wildman–Crippen MR) is 113 cm³/mol. The standard InChI is InChI=1S/C20H19F3N4O4S/c1-10(15-9-25-19(28)17-14(15)7-8-16(22)18(17)23)27(11(2)32(24,30)31)20(29)26-13-5-3-12(21)4-6-13/h3-11H,1-2H3,(H,25,28)(H,26,29)(H2,24,30,31). The van der Waals surface area contributed by atoms with Crippen LogP contribution >= 0.6 is 0 Å². The number of fused-ring (bicyclic) bond motifs is 1. The summed E-state index contributed by atoms with van der Waals surface area (Å²) in [5, 5.41) is 5.57. The van der Waals surface area contributed by atoms with Crippen LogP contribution in [0.1, 0.15) is 25.5 Å². The van der Waals surface area contributed by atoms with Gasteiger partial charge in [-0.05, 0) is 55.1 Å². The van der Waals surface area contributed by atoms with Crippen LogP contribution in [-0.4, -0.2) is 29.7 Å². The molecule has 3 rings (SSSR count). The highest BCUT2D eigenvalue weighted by Gasteiger charge is 2.34. The first-order valence-electron chi connectivity index (χ1n) is 9.27. The topological polar surface area (TPSA) is 125 Å². The Labute approximate surface area is 180 Å². The van der Waals surface area contributed by atoms with Crippen molar-refractivity contribution in [3.8, 4) is 0 Å². The number of aromatic nitrogens is 1. The first kappa shape index (κ1) is 23.3. The molecule has 3 aromatic rings. The zero-order valence-electron chi connectivity index (χ0n) is 16.9. The van der Waals surface area contributed by atoms with Crippen LogP contribution in [0, 0.1) is 17.5 Å². The van der Waals surface area contributed by atoms with Crippen molar-refractivity contribution in [3.63, 3.8) is 0 Å². The molecule has 0 radical (unpaired) electrons. The second-order valence-corrected chi connectivity index (χ2v) is 8.93. The lowest BCUT2D eigenvalue weighted by molar-refractivity contribution is 0.187. The third-order valence-electron chi connectivity index (χ3n) is 5.06. The monoisotopic (exact) mass is 468 g/mol. The summed E-state index contributed by atoms with van der Waals surface area (Å²) in [5.74, 6) is -3.16. The van der Waals surface area contributed by atoms with Gasteiger partial charge < -0.3 is 10.3 Å². The van der Waals surface area contributed by atoms with Gasteiger partial charge in [-0.1, -0.05) is 6.07 Å². The summed E-state index contributed by atoms with van der Waals surface area (Å²) in [6.07, 6.45) is 1.18. The maximum absolute atomic E-state index is 14.3. The van der Waals surface area contributed by atoms with Crippen LogP contribution in [0.25, 0.3) is 10.8 Å². The molecule has 8 nitrogen and oxygen atoms in total. The largest absolute Gasteiger partial charge is 0.328 e. The lowest BCUT2D eigenvalue weighted by Crippen LogP contribution is -2.48. The number of nitrogens with one attached hydrogen (secondary N) is 2. The number of pyridine rings is 1. The Morgan fingerprint density at radius 1 is 1.09 bits per heavy atom. The number of H-pyrrole nitrogens is 1. The van der Waals surface area contributed by atoms with E-state index < -0.39 is 55.9 Å². The first-order valence-corrected chi connectivity index (χ1v) is 10.9. The summed E-state index contributed by atoms with van der Waals surface area (Å²) < 4.78 is 65.3. The van der Waals surface area contributed by atoms with Crippen LogP contribution in [0.4, 0.5) is 23.7 Å². The number of anilines is 1. The molecule has 0 saturated heterocycles. The van der Waals surface area contributed by atoms with Crippen molar-refractivity contribution in [2.75, 3.05) is 5.32 Å². The summed E-state index contributed by atoms with van der Waals surface area (Å²) in [4.78, 5) is 28.3. The highest BCUT2D eigenvalue weighted by molar-refractivity contribution is 7.89. The second-order valence-electron chi connectivity index (χ2n) is 7.07. The molecule has 0 aliphatic rings.